The molecule has 2 N–H and O–H groups in total. The zero-order chi connectivity index (χ0) is 20.4. The molecule has 0 amide bonds. The molecule has 0 saturated carbocycles. The second-order valence-electron chi connectivity index (χ2n) is 7.63. The minimum Gasteiger partial charge on any atom is -0.351 e. The van der Waals surface area contributed by atoms with Gasteiger partial charge in [-0.1, -0.05) is 6.08 Å². The number of anilines is 1. The highest BCUT2D eigenvalue weighted by atomic mass is 19.4. The van der Waals surface area contributed by atoms with E-state index in [4.69, 9.17) is 0 Å². The minimum absolute atomic E-state index is 0.154. The molecule has 0 aromatic carbocycles. The molecule has 1 fully saturated rings. The molecule has 0 unspecified atom stereocenters. The fraction of sp³-hybridized carbons (Fsp3) is 0.500. The van der Waals surface area contributed by atoms with Crippen LogP contribution in [0.25, 0.3) is 5.57 Å². The lowest BCUT2D eigenvalue weighted by Gasteiger charge is -2.40. The van der Waals surface area contributed by atoms with Crippen LogP contribution in [0.5, 0.6) is 0 Å². The topological polar surface area (TPSA) is 60.1 Å². The summed E-state index contributed by atoms with van der Waals surface area (Å²) in [6.07, 6.45) is 1.64. The molecule has 9 heteroatoms. The maximum atomic E-state index is 12.8. The van der Waals surface area contributed by atoms with Gasteiger partial charge >= 0.3 is 6.18 Å². The maximum absolute atomic E-state index is 12.8. The molecular weight excluding hydrogens is 381 g/mol. The molecule has 0 aliphatic carbocycles. The molecule has 2 aromatic heterocycles. The number of rotatable bonds is 4. The summed E-state index contributed by atoms with van der Waals surface area (Å²) in [5.41, 5.74) is 2.89. The van der Waals surface area contributed by atoms with E-state index in [-0.39, 0.29) is 6.04 Å². The maximum Gasteiger partial charge on any atom is 0.417 e. The van der Waals surface area contributed by atoms with Crippen LogP contribution < -0.4 is 10.2 Å². The summed E-state index contributed by atoms with van der Waals surface area (Å²) in [5, 5.41) is 10.7. The van der Waals surface area contributed by atoms with E-state index in [1.807, 2.05) is 6.20 Å². The second kappa shape index (κ2) is 8.16. The van der Waals surface area contributed by atoms with Crippen LogP contribution >= 0.6 is 0 Å². The van der Waals surface area contributed by atoms with Crippen molar-refractivity contribution < 1.29 is 13.2 Å². The van der Waals surface area contributed by atoms with Crippen LogP contribution in [0.15, 0.2) is 30.6 Å². The summed E-state index contributed by atoms with van der Waals surface area (Å²) in [6, 6.07) is 2.72. The van der Waals surface area contributed by atoms with Crippen LogP contribution in [0.1, 0.15) is 30.2 Å². The number of halogens is 3. The molecule has 2 aliphatic heterocycles. The molecule has 156 valence electrons. The first-order valence-corrected chi connectivity index (χ1v) is 9.86. The Morgan fingerprint density at radius 2 is 2.07 bits per heavy atom. The third-order valence-electron chi connectivity index (χ3n) is 5.58. The number of aromatic nitrogens is 3. The quantitative estimate of drug-likeness (QED) is 0.818. The SMILES string of the molecule is C[C@@H]1CN(Cc2cn[nH]c2C2=CCNCC2)CCN1c1ccc(C(F)(F)F)cn1. The number of hydrogen-bond donors (Lipinski definition) is 2. The average molecular weight is 406 g/mol. The van der Waals surface area contributed by atoms with Crippen molar-refractivity contribution in [2.24, 2.45) is 0 Å². The normalized spacial score (nSPS) is 21.3. The van der Waals surface area contributed by atoms with Gasteiger partial charge in [-0.25, -0.2) is 4.98 Å². The van der Waals surface area contributed by atoms with E-state index in [1.165, 1.54) is 17.2 Å². The predicted molar refractivity (Wildman–Crippen MR) is 105 cm³/mol. The van der Waals surface area contributed by atoms with Crippen molar-refractivity contribution in [3.05, 3.63) is 47.4 Å². The van der Waals surface area contributed by atoms with Crippen LogP contribution in [0.3, 0.4) is 0 Å². The summed E-state index contributed by atoms with van der Waals surface area (Å²) in [7, 11) is 0. The lowest BCUT2D eigenvalue weighted by Crippen LogP contribution is -2.51. The molecule has 1 saturated heterocycles. The van der Waals surface area contributed by atoms with E-state index in [2.05, 4.69) is 43.3 Å². The van der Waals surface area contributed by atoms with E-state index in [1.54, 1.807) is 0 Å². The van der Waals surface area contributed by atoms with Gasteiger partial charge in [-0.05, 0) is 37.6 Å². The number of nitrogens with one attached hydrogen (secondary N) is 2. The van der Waals surface area contributed by atoms with E-state index >= 15 is 0 Å². The molecule has 29 heavy (non-hydrogen) atoms. The van der Waals surface area contributed by atoms with Crippen molar-refractivity contribution in [2.45, 2.75) is 32.1 Å². The van der Waals surface area contributed by atoms with Gasteiger partial charge in [-0.2, -0.15) is 18.3 Å². The van der Waals surface area contributed by atoms with E-state index in [0.717, 1.165) is 63.6 Å². The molecular formula is C20H25F3N6. The lowest BCUT2D eigenvalue weighted by atomic mass is 10.0. The number of pyridine rings is 1. The van der Waals surface area contributed by atoms with Gasteiger partial charge < -0.3 is 10.2 Å². The van der Waals surface area contributed by atoms with Gasteiger partial charge in [0.2, 0.25) is 0 Å². The van der Waals surface area contributed by atoms with Crippen molar-refractivity contribution in [1.82, 2.24) is 25.4 Å². The van der Waals surface area contributed by atoms with Crippen molar-refractivity contribution in [3.63, 3.8) is 0 Å². The molecule has 6 nitrogen and oxygen atoms in total. The molecule has 0 radical (unpaired) electrons. The highest BCUT2D eigenvalue weighted by molar-refractivity contribution is 5.66. The van der Waals surface area contributed by atoms with Gasteiger partial charge in [0.05, 0.1) is 17.5 Å². The zero-order valence-electron chi connectivity index (χ0n) is 16.3. The molecule has 0 spiro atoms. The Kier molecular flexibility index (Phi) is 5.60. The fourth-order valence-electron chi connectivity index (χ4n) is 4.04. The van der Waals surface area contributed by atoms with E-state index < -0.39 is 11.7 Å². The average Bonchev–Trinajstić information content (AvgIpc) is 3.16. The van der Waals surface area contributed by atoms with Crippen molar-refractivity contribution in [3.8, 4) is 0 Å². The summed E-state index contributed by atoms with van der Waals surface area (Å²) >= 11 is 0. The number of aromatic amines is 1. The predicted octanol–water partition coefficient (Wildman–Crippen LogP) is 2.91. The first-order valence-electron chi connectivity index (χ1n) is 9.86. The zero-order valence-corrected chi connectivity index (χ0v) is 16.3. The number of piperazine rings is 1. The van der Waals surface area contributed by atoms with Crippen molar-refractivity contribution >= 4 is 11.4 Å². The third kappa shape index (κ3) is 4.45. The van der Waals surface area contributed by atoms with Crippen molar-refractivity contribution in [1.29, 1.82) is 0 Å². The van der Waals surface area contributed by atoms with E-state index in [0.29, 0.717) is 5.82 Å². The van der Waals surface area contributed by atoms with Crippen molar-refractivity contribution in [2.75, 3.05) is 37.6 Å². The van der Waals surface area contributed by atoms with Crippen LogP contribution in [0, 0.1) is 0 Å². The largest absolute Gasteiger partial charge is 0.417 e. The van der Waals surface area contributed by atoms with Gasteiger partial charge in [0.25, 0.3) is 0 Å². The summed E-state index contributed by atoms with van der Waals surface area (Å²) < 4.78 is 38.3. The monoisotopic (exact) mass is 406 g/mol. The van der Waals surface area contributed by atoms with Gasteiger partial charge in [-0.3, -0.25) is 10.00 Å². The first-order chi connectivity index (χ1) is 13.9. The molecule has 4 heterocycles. The Labute approximate surface area is 167 Å². The Balaban J connectivity index is 1.40. The molecule has 0 bridgehead atoms. The van der Waals surface area contributed by atoms with Crippen LogP contribution in [0.4, 0.5) is 19.0 Å². The van der Waals surface area contributed by atoms with Gasteiger partial charge in [0.15, 0.2) is 0 Å². The van der Waals surface area contributed by atoms with Crippen LogP contribution in [-0.4, -0.2) is 58.8 Å². The highest BCUT2D eigenvalue weighted by Crippen LogP contribution is 2.30. The standard InChI is InChI=1S/C20H25F3N6/c1-14-12-28(13-16-10-26-27-19(16)15-4-6-24-7-5-15)8-9-29(14)18-3-2-17(11-25-18)20(21,22)23/h2-4,10-11,14,24H,5-9,12-13H2,1H3,(H,26,27)/t14-/m1/s1. The minimum atomic E-state index is -4.36. The van der Waals surface area contributed by atoms with Gasteiger partial charge in [-0.15, -0.1) is 0 Å². The second-order valence-corrected chi connectivity index (χ2v) is 7.63. The molecule has 2 aliphatic rings. The number of nitrogens with zero attached hydrogens (tertiary/aromatic N) is 4. The Morgan fingerprint density at radius 3 is 2.72 bits per heavy atom. The van der Waals surface area contributed by atoms with Gasteiger partial charge in [0.1, 0.15) is 5.82 Å². The smallest absolute Gasteiger partial charge is 0.351 e. The molecule has 1 atom stereocenters. The number of H-pyrrole nitrogens is 1. The highest BCUT2D eigenvalue weighted by Gasteiger charge is 2.32. The Hall–Kier alpha value is -2.39. The number of hydrogen-bond acceptors (Lipinski definition) is 5. The van der Waals surface area contributed by atoms with E-state index in [9.17, 15) is 13.2 Å². The van der Waals surface area contributed by atoms with Gasteiger partial charge in [0, 0.05) is 50.5 Å². The summed E-state index contributed by atoms with van der Waals surface area (Å²) in [6.45, 7) is 7.08. The van der Waals surface area contributed by atoms with Crippen LogP contribution in [0.2, 0.25) is 0 Å². The molecule has 4 rings (SSSR count). The third-order valence-corrected chi connectivity index (χ3v) is 5.58. The Morgan fingerprint density at radius 1 is 1.21 bits per heavy atom. The summed E-state index contributed by atoms with van der Waals surface area (Å²) in [4.78, 5) is 8.49. The Bertz CT molecular complexity index is 858. The summed E-state index contributed by atoms with van der Waals surface area (Å²) in [5.74, 6) is 0.592. The number of alkyl halides is 3. The fourth-order valence-corrected chi connectivity index (χ4v) is 4.04. The van der Waals surface area contributed by atoms with Crippen LogP contribution in [-0.2, 0) is 12.7 Å². The first kappa shape index (κ1) is 19.9. The lowest BCUT2D eigenvalue weighted by molar-refractivity contribution is -0.137. The molecule has 2 aromatic rings.